The van der Waals surface area contributed by atoms with E-state index in [2.05, 4.69) is 22.3 Å². The largest absolute Gasteiger partial charge is 0.425 e. The topological polar surface area (TPSA) is 64.9 Å². The molecule has 20 heavy (non-hydrogen) atoms. The smallest absolute Gasteiger partial charge is 0.219 e. The molecule has 4 nitrogen and oxygen atoms in total. The zero-order valence-corrected chi connectivity index (χ0v) is 11.9. The van der Waals surface area contributed by atoms with Crippen molar-refractivity contribution >= 4 is 5.69 Å². The van der Waals surface area contributed by atoms with Crippen LogP contribution in [0.4, 0.5) is 5.69 Å². The summed E-state index contributed by atoms with van der Waals surface area (Å²) in [6.45, 7) is 2.02. The van der Waals surface area contributed by atoms with Crippen LogP contribution in [0, 0.1) is 6.92 Å². The molecule has 1 aliphatic carbocycles. The Hall–Kier alpha value is -1.84. The molecule has 1 aromatic carbocycles. The second-order valence-electron chi connectivity index (χ2n) is 5.71. The molecule has 4 heteroatoms. The van der Waals surface area contributed by atoms with Crippen molar-refractivity contribution in [2.75, 3.05) is 5.73 Å². The van der Waals surface area contributed by atoms with Crippen LogP contribution in [0.15, 0.2) is 22.6 Å². The summed E-state index contributed by atoms with van der Waals surface area (Å²) in [4.78, 5) is 0. The molecule has 0 bridgehead atoms. The Labute approximate surface area is 119 Å². The number of benzene rings is 1. The minimum atomic E-state index is 0.492. The average Bonchev–Trinajstić information content (AvgIpc) is 3.09. The van der Waals surface area contributed by atoms with Crippen molar-refractivity contribution in [2.45, 2.75) is 51.4 Å². The fourth-order valence-electron chi connectivity index (χ4n) is 2.80. The Balaban J connectivity index is 1.61. The number of hydrogen-bond acceptors (Lipinski definition) is 4. The van der Waals surface area contributed by atoms with Crippen molar-refractivity contribution in [1.82, 2.24) is 10.2 Å². The first-order valence-electron chi connectivity index (χ1n) is 7.39. The molecule has 2 aromatic rings. The van der Waals surface area contributed by atoms with Crippen LogP contribution in [0.1, 0.15) is 54.5 Å². The Bertz CT molecular complexity index is 585. The lowest BCUT2D eigenvalue weighted by Gasteiger charge is -2.04. The lowest BCUT2D eigenvalue weighted by molar-refractivity contribution is 0.416. The predicted molar refractivity (Wildman–Crippen MR) is 78.5 cm³/mol. The molecule has 3 rings (SSSR count). The quantitative estimate of drug-likeness (QED) is 0.865. The van der Waals surface area contributed by atoms with Gasteiger partial charge >= 0.3 is 0 Å². The lowest BCUT2D eigenvalue weighted by Crippen LogP contribution is -1.95. The SMILES string of the molecule is Cc1ccc(CCc2nnc(C3CCCC3)o2)cc1N. The van der Waals surface area contributed by atoms with Gasteiger partial charge in [-0.3, -0.25) is 0 Å². The van der Waals surface area contributed by atoms with Gasteiger partial charge in [0.15, 0.2) is 0 Å². The molecule has 2 N–H and O–H groups in total. The Kier molecular flexibility index (Phi) is 3.72. The minimum absolute atomic E-state index is 0.492. The molecule has 0 saturated heterocycles. The van der Waals surface area contributed by atoms with Crippen LogP contribution in [-0.2, 0) is 12.8 Å². The lowest BCUT2D eigenvalue weighted by atomic mass is 10.1. The first-order valence-corrected chi connectivity index (χ1v) is 7.39. The molecule has 1 fully saturated rings. The van der Waals surface area contributed by atoms with Crippen molar-refractivity contribution in [3.8, 4) is 0 Å². The summed E-state index contributed by atoms with van der Waals surface area (Å²) >= 11 is 0. The van der Waals surface area contributed by atoms with E-state index in [-0.39, 0.29) is 0 Å². The maximum Gasteiger partial charge on any atom is 0.219 e. The van der Waals surface area contributed by atoms with Crippen LogP contribution in [0.2, 0.25) is 0 Å². The summed E-state index contributed by atoms with van der Waals surface area (Å²) in [7, 11) is 0. The van der Waals surface area contributed by atoms with Gasteiger partial charge in [0.1, 0.15) is 0 Å². The Morgan fingerprint density at radius 2 is 2.00 bits per heavy atom. The van der Waals surface area contributed by atoms with Gasteiger partial charge in [-0.2, -0.15) is 0 Å². The van der Waals surface area contributed by atoms with E-state index >= 15 is 0 Å². The van der Waals surface area contributed by atoms with Gasteiger partial charge in [-0.05, 0) is 43.4 Å². The van der Waals surface area contributed by atoms with Gasteiger partial charge in [-0.1, -0.05) is 25.0 Å². The molecule has 0 spiro atoms. The first kappa shape index (κ1) is 13.2. The van der Waals surface area contributed by atoms with E-state index in [1.54, 1.807) is 0 Å². The van der Waals surface area contributed by atoms with Gasteiger partial charge < -0.3 is 10.2 Å². The highest BCUT2D eigenvalue weighted by Gasteiger charge is 2.22. The van der Waals surface area contributed by atoms with Gasteiger partial charge in [-0.25, -0.2) is 0 Å². The maximum atomic E-state index is 5.93. The maximum absolute atomic E-state index is 5.93. The van der Waals surface area contributed by atoms with Gasteiger partial charge in [-0.15, -0.1) is 10.2 Å². The van der Waals surface area contributed by atoms with Crippen LogP contribution in [0.5, 0.6) is 0 Å². The highest BCUT2D eigenvalue weighted by molar-refractivity contribution is 5.48. The number of rotatable bonds is 4. The normalized spacial score (nSPS) is 15.8. The molecular weight excluding hydrogens is 250 g/mol. The third-order valence-corrected chi connectivity index (χ3v) is 4.16. The van der Waals surface area contributed by atoms with E-state index in [1.165, 1.54) is 31.2 Å². The number of nitrogen functional groups attached to an aromatic ring is 1. The number of anilines is 1. The zero-order valence-electron chi connectivity index (χ0n) is 11.9. The number of nitrogens with zero attached hydrogens (tertiary/aromatic N) is 2. The monoisotopic (exact) mass is 271 g/mol. The molecule has 0 atom stereocenters. The highest BCUT2D eigenvalue weighted by Crippen LogP contribution is 2.33. The van der Waals surface area contributed by atoms with E-state index in [0.717, 1.165) is 35.9 Å². The molecule has 0 aliphatic heterocycles. The van der Waals surface area contributed by atoms with Crippen LogP contribution >= 0.6 is 0 Å². The molecule has 1 aromatic heterocycles. The van der Waals surface area contributed by atoms with Crippen LogP contribution in [0.25, 0.3) is 0 Å². The third-order valence-electron chi connectivity index (χ3n) is 4.16. The van der Waals surface area contributed by atoms with Gasteiger partial charge in [0.05, 0.1) is 0 Å². The number of aryl methyl sites for hydroxylation is 3. The van der Waals surface area contributed by atoms with Crippen molar-refractivity contribution < 1.29 is 4.42 Å². The van der Waals surface area contributed by atoms with Gasteiger partial charge in [0, 0.05) is 18.0 Å². The average molecular weight is 271 g/mol. The van der Waals surface area contributed by atoms with E-state index in [1.807, 2.05) is 13.0 Å². The third kappa shape index (κ3) is 2.84. The van der Waals surface area contributed by atoms with Crippen LogP contribution < -0.4 is 5.73 Å². The summed E-state index contributed by atoms with van der Waals surface area (Å²) in [5.41, 5.74) is 9.11. The standard InChI is InChI=1S/C16H21N3O/c1-11-6-7-12(10-14(11)17)8-9-15-18-19-16(20-15)13-4-2-3-5-13/h6-7,10,13H,2-5,8-9,17H2,1H3. The van der Waals surface area contributed by atoms with Crippen molar-refractivity contribution in [3.63, 3.8) is 0 Å². The molecule has 106 valence electrons. The van der Waals surface area contributed by atoms with E-state index in [9.17, 15) is 0 Å². The fraction of sp³-hybridized carbons (Fsp3) is 0.500. The summed E-state index contributed by atoms with van der Waals surface area (Å²) in [5.74, 6) is 2.07. The summed E-state index contributed by atoms with van der Waals surface area (Å²) in [5, 5.41) is 8.37. The summed E-state index contributed by atoms with van der Waals surface area (Å²) in [6.07, 6.45) is 6.61. The second-order valence-corrected chi connectivity index (χ2v) is 5.71. The summed E-state index contributed by atoms with van der Waals surface area (Å²) in [6, 6.07) is 6.20. The molecular formula is C16H21N3O. The minimum Gasteiger partial charge on any atom is -0.425 e. The first-order chi connectivity index (χ1) is 9.72. The van der Waals surface area contributed by atoms with Crippen molar-refractivity contribution in [3.05, 3.63) is 41.1 Å². The van der Waals surface area contributed by atoms with Gasteiger partial charge in [0.25, 0.3) is 0 Å². The van der Waals surface area contributed by atoms with Crippen molar-refractivity contribution in [1.29, 1.82) is 0 Å². The second kappa shape index (κ2) is 5.65. The fourth-order valence-corrected chi connectivity index (χ4v) is 2.80. The molecule has 0 amide bonds. The molecule has 1 saturated carbocycles. The van der Waals surface area contributed by atoms with Crippen molar-refractivity contribution in [2.24, 2.45) is 0 Å². The van der Waals surface area contributed by atoms with E-state index < -0.39 is 0 Å². The van der Waals surface area contributed by atoms with Gasteiger partial charge in [0.2, 0.25) is 11.8 Å². The summed E-state index contributed by atoms with van der Waals surface area (Å²) < 4.78 is 5.79. The molecule has 0 radical (unpaired) electrons. The molecule has 1 heterocycles. The van der Waals surface area contributed by atoms with E-state index in [4.69, 9.17) is 10.2 Å². The Morgan fingerprint density at radius 3 is 2.75 bits per heavy atom. The number of aromatic nitrogens is 2. The highest BCUT2D eigenvalue weighted by atomic mass is 16.4. The van der Waals surface area contributed by atoms with Crippen LogP contribution in [0.3, 0.4) is 0 Å². The number of nitrogens with two attached hydrogens (primary N) is 1. The van der Waals surface area contributed by atoms with E-state index in [0.29, 0.717) is 5.92 Å². The Morgan fingerprint density at radius 1 is 1.20 bits per heavy atom. The molecule has 0 unspecified atom stereocenters. The van der Waals surface area contributed by atoms with Crippen LogP contribution in [-0.4, -0.2) is 10.2 Å². The predicted octanol–water partition coefficient (Wildman–Crippen LogP) is 3.40. The molecule has 1 aliphatic rings. The zero-order chi connectivity index (χ0) is 13.9. The number of hydrogen-bond donors (Lipinski definition) is 1.